The second-order valence-electron chi connectivity index (χ2n) is 7.84. The van der Waals surface area contributed by atoms with Gasteiger partial charge < -0.3 is 19.7 Å². The number of carboxylic acids is 2. The van der Waals surface area contributed by atoms with E-state index in [1.807, 2.05) is 11.8 Å². The fourth-order valence-electron chi connectivity index (χ4n) is 3.73. The van der Waals surface area contributed by atoms with E-state index < -0.39 is 23.4 Å². The Kier molecular flexibility index (Phi) is 6.05. The van der Waals surface area contributed by atoms with Gasteiger partial charge in [0.2, 0.25) is 11.4 Å². The lowest BCUT2D eigenvalue weighted by Gasteiger charge is -2.34. The standard InChI is InChI=1S/C20H24N8O5/c1-3-26-11-15(19(32)33)16(29)14-8-21-20(22-17(14)26)27-6-4-25(5-7-27)9-13-10-28(24-23-13)12(2)18(30)31/h8,10-12H,3-7,9H2,1-2H3,(H,30,31)(H,32,33)/t12-/m0/s1. The molecule has 13 nitrogen and oxygen atoms in total. The summed E-state index contributed by atoms with van der Waals surface area (Å²) in [6.07, 6.45) is 4.36. The van der Waals surface area contributed by atoms with Crippen molar-refractivity contribution in [3.8, 4) is 0 Å². The number of aryl methyl sites for hydroxylation is 1. The zero-order valence-corrected chi connectivity index (χ0v) is 18.2. The minimum Gasteiger partial charge on any atom is -0.480 e. The number of anilines is 1. The van der Waals surface area contributed by atoms with Crippen molar-refractivity contribution in [2.24, 2.45) is 0 Å². The number of hydrogen-bond donors (Lipinski definition) is 2. The van der Waals surface area contributed by atoms with Crippen LogP contribution >= 0.6 is 0 Å². The maximum absolute atomic E-state index is 12.5. The molecule has 0 bridgehead atoms. The summed E-state index contributed by atoms with van der Waals surface area (Å²) in [5.74, 6) is -1.77. The van der Waals surface area contributed by atoms with Crippen molar-refractivity contribution in [3.05, 3.63) is 40.1 Å². The Balaban J connectivity index is 1.47. The van der Waals surface area contributed by atoms with Gasteiger partial charge in [0, 0.05) is 51.7 Å². The summed E-state index contributed by atoms with van der Waals surface area (Å²) in [6.45, 7) is 7.12. The molecule has 3 aromatic rings. The van der Waals surface area contributed by atoms with Crippen LogP contribution < -0.4 is 10.3 Å². The van der Waals surface area contributed by atoms with E-state index in [9.17, 15) is 19.5 Å². The van der Waals surface area contributed by atoms with Crippen LogP contribution in [0.3, 0.4) is 0 Å². The number of piperazine rings is 1. The molecule has 1 aliphatic heterocycles. The molecule has 0 saturated carbocycles. The van der Waals surface area contributed by atoms with E-state index in [0.717, 1.165) is 0 Å². The zero-order chi connectivity index (χ0) is 23.7. The fraction of sp³-hybridized carbons (Fsp3) is 0.450. The first kappa shape index (κ1) is 22.3. The molecule has 0 radical (unpaired) electrons. The summed E-state index contributed by atoms with van der Waals surface area (Å²) >= 11 is 0. The quantitative estimate of drug-likeness (QED) is 0.495. The summed E-state index contributed by atoms with van der Waals surface area (Å²) in [5.41, 5.74) is 0.205. The number of aromatic carboxylic acids is 1. The normalized spacial score (nSPS) is 15.6. The van der Waals surface area contributed by atoms with E-state index >= 15 is 0 Å². The molecule has 0 aromatic carbocycles. The molecular formula is C20H24N8O5. The fourth-order valence-corrected chi connectivity index (χ4v) is 3.73. The largest absolute Gasteiger partial charge is 0.480 e. The van der Waals surface area contributed by atoms with Crippen LogP contribution in [0.2, 0.25) is 0 Å². The number of aromatic nitrogens is 6. The van der Waals surface area contributed by atoms with Crippen LogP contribution in [0.15, 0.2) is 23.4 Å². The van der Waals surface area contributed by atoms with Crippen LogP contribution in [0.5, 0.6) is 0 Å². The van der Waals surface area contributed by atoms with Crippen molar-refractivity contribution in [1.82, 2.24) is 34.4 Å². The number of fused-ring (bicyclic) bond motifs is 1. The van der Waals surface area contributed by atoms with Gasteiger partial charge in [0.1, 0.15) is 17.3 Å². The molecule has 0 unspecified atom stereocenters. The third-order valence-electron chi connectivity index (χ3n) is 5.73. The number of aliphatic carboxylic acids is 1. The SMILES string of the molecule is CCn1cc(C(=O)O)c(=O)c2cnc(N3CCN(Cc4cn([C@@H](C)C(=O)O)nn4)CC3)nc21. The molecule has 2 N–H and O–H groups in total. The van der Waals surface area contributed by atoms with Crippen molar-refractivity contribution in [2.45, 2.75) is 33.0 Å². The van der Waals surface area contributed by atoms with Crippen molar-refractivity contribution in [3.63, 3.8) is 0 Å². The predicted molar refractivity (Wildman–Crippen MR) is 116 cm³/mol. The third kappa shape index (κ3) is 4.39. The highest BCUT2D eigenvalue weighted by Crippen LogP contribution is 2.17. The van der Waals surface area contributed by atoms with Gasteiger partial charge in [-0.1, -0.05) is 5.21 Å². The van der Waals surface area contributed by atoms with E-state index in [4.69, 9.17) is 5.11 Å². The van der Waals surface area contributed by atoms with Gasteiger partial charge in [-0.15, -0.1) is 5.10 Å². The topological polar surface area (TPSA) is 160 Å². The number of nitrogens with zero attached hydrogens (tertiary/aromatic N) is 8. The zero-order valence-electron chi connectivity index (χ0n) is 18.2. The van der Waals surface area contributed by atoms with Crippen molar-refractivity contribution in [1.29, 1.82) is 0 Å². The Hall–Kier alpha value is -3.87. The summed E-state index contributed by atoms with van der Waals surface area (Å²) in [7, 11) is 0. The van der Waals surface area contributed by atoms with E-state index in [1.54, 1.807) is 17.7 Å². The number of carbonyl (C=O) groups is 2. The highest BCUT2D eigenvalue weighted by molar-refractivity contribution is 5.91. The molecule has 1 atom stereocenters. The number of carboxylic acid groups (broad SMARTS) is 2. The van der Waals surface area contributed by atoms with Crippen LogP contribution in [0.1, 0.15) is 35.9 Å². The monoisotopic (exact) mass is 456 g/mol. The van der Waals surface area contributed by atoms with Crippen LogP contribution in [0.4, 0.5) is 5.95 Å². The van der Waals surface area contributed by atoms with E-state index in [2.05, 4.69) is 25.2 Å². The van der Waals surface area contributed by atoms with Gasteiger partial charge in [0.05, 0.1) is 17.3 Å². The highest BCUT2D eigenvalue weighted by atomic mass is 16.4. The molecule has 0 aliphatic carbocycles. The van der Waals surface area contributed by atoms with E-state index in [-0.39, 0.29) is 10.9 Å². The van der Waals surface area contributed by atoms with E-state index in [1.165, 1.54) is 17.1 Å². The Bertz CT molecular complexity index is 1260. The van der Waals surface area contributed by atoms with Gasteiger partial charge in [-0.3, -0.25) is 9.69 Å². The van der Waals surface area contributed by atoms with Gasteiger partial charge in [-0.2, -0.15) is 4.98 Å². The Morgan fingerprint density at radius 3 is 2.52 bits per heavy atom. The molecule has 4 heterocycles. The highest BCUT2D eigenvalue weighted by Gasteiger charge is 2.23. The second kappa shape index (κ2) is 8.94. The molecular weight excluding hydrogens is 432 g/mol. The van der Waals surface area contributed by atoms with Crippen LogP contribution in [0, 0.1) is 0 Å². The Morgan fingerprint density at radius 2 is 1.88 bits per heavy atom. The molecule has 0 amide bonds. The minimum atomic E-state index is -1.28. The van der Waals surface area contributed by atoms with Gasteiger partial charge in [-0.05, 0) is 13.8 Å². The Morgan fingerprint density at radius 1 is 1.15 bits per heavy atom. The lowest BCUT2D eigenvalue weighted by atomic mass is 10.2. The summed E-state index contributed by atoms with van der Waals surface area (Å²) in [5, 5.41) is 26.5. The van der Waals surface area contributed by atoms with Crippen LogP contribution in [-0.2, 0) is 17.9 Å². The average molecular weight is 456 g/mol. The molecule has 33 heavy (non-hydrogen) atoms. The molecule has 3 aromatic heterocycles. The summed E-state index contributed by atoms with van der Waals surface area (Å²) in [4.78, 5) is 48.0. The Labute approximate surface area is 187 Å². The first-order valence-corrected chi connectivity index (χ1v) is 10.5. The van der Waals surface area contributed by atoms with Gasteiger partial charge in [0.15, 0.2) is 0 Å². The maximum atomic E-state index is 12.5. The van der Waals surface area contributed by atoms with Crippen molar-refractivity contribution >= 4 is 28.9 Å². The van der Waals surface area contributed by atoms with Crippen LogP contribution in [0.25, 0.3) is 11.0 Å². The smallest absolute Gasteiger partial charge is 0.341 e. The van der Waals surface area contributed by atoms with Gasteiger partial charge >= 0.3 is 11.9 Å². The number of hydrogen-bond acceptors (Lipinski definition) is 9. The second-order valence-corrected chi connectivity index (χ2v) is 7.84. The lowest BCUT2D eigenvalue weighted by Crippen LogP contribution is -2.46. The van der Waals surface area contributed by atoms with Crippen molar-refractivity contribution in [2.75, 3.05) is 31.1 Å². The van der Waals surface area contributed by atoms with Gasteiger partial charge in [-0.25, -0.2) is 19.3 Å². The lowest BCUT2D eigenvalue weighted by molar-refractivity contribution is -0.140. The van der Waals surface area contributed by atoms with E-state index in [0.29, 0.717) is 56.6 Å². The van der Waals surface area contributed by atoms with Crippen LogP contribution in [-0.4, -0.2) is 82.8 Å². The molecule has 0 spiro atoms. The average Bonchev–Trinajstić information content (AvgIpc) is 3.27. The molecule has 1 aliphatic rings. The molecule has 1 saturated heterocycles. The van der Waals surface area contributed by atoms with Crippen molar-refractivity contribution < 1.29 is 19.8 Å². The molecule has 1 fully saturated rings. The third-order valence-corrected chi connectivity index (χ3v) is 5.73. The molecule has 174 valence electrons. The molecule has 13 heteroatoms. The molecule has 4 rings (SSSR count). The number of rotatable bonds is 7. The number of pyridine rings is 1. The maximum Gasteiger partial charge on any atom is 0.341 e. The first-order chi connectivity index (χ1) is 15.8. The first-order valence-electron chi connectivity index (χ1n) is 10.5. The predicted octanol–water partition coefficient (Wildman–Crippen LogP) is 0.0689. The minimum absolute atomic E-state index is 0.179. The van der Waals surface area contributed by atoms with Gasteiger partial charge in [0.25, 0.3) is 0 Å². The summed E-state index contributed by atoms with van der Waals surface area (Å²) in [6, 6.07) is -0.778. The summed E-state index contributed by atoms with van der Waals surface area (Å²) < 4.78 is 2.98.